The van der Waals surface area contributed by atoms with Gasteiger partial charge in [-0.3, -0.25) is 0 Å². The fourth-order valence-electron chi connectivity index (χ4n) is 2.52. The Balaban J connectivity index is 2.17. The van der Waals surface area contributed by atoms with Gasteiger partial charge in [0.25, 0.3) is 0 Å². The summed E-state index contributed by atoms with van der Waals surface area (Å²) in [6.45, 7) is 11.4. The molecule has 0 aliphatic rings. The molecule has 0 N–H and O–H groups in total. The van der Waals surface area contributed by atoms with E-state index in [0.717, 1.165) is 16.9 Å². The van der Waals surface area contributed by atoms with Gasteiger partial charge in [-0.1, -0.05) is 44.9 Å². The summed E-state index contributed by atoms with van der Waals surface area (Å²) < 4.78 is 23.1. The van der Waals surface area contributed by atoms with Crippen LogP contribution in [0.25, 0.3) is 0 Å². The lowest BCUT2D eigenvalue weighted by Crippen LogP contribution is -2.41. The summed E-state index contributed by atoms with van der Waals surface area (Å²) in [5.41, 5.74) is 1.94. The van der Waals surface area contributed by atoms with Crippen LogP contribution in [-0.2, 0) is 11.0 Å². The van der Waals surface area contributed by atoms with Gasteiger partial charge in [0.1, 0.15) is 18.5 Å². The molecule has 0 unspecified atom stereocenters. The van der Waals surface area contributed by atoms with Crippen LogP contribution in [0.1, 0.15) is 38.0 Å². The highest BCUT2D eigenvalue weighted by molar-refractivity contribution is 6.74. The largest absolute Gasteiger partial charge is 0.497 e. The normalized spacial score (nSPS) is 12.8. The number of rotatable bonds is 8. The molecular weight excluding hydrogens is 380 g/mol. The Hall–Kier alpha value is -2.42. The molecule has 2 rings (SSSR count). The minimum Gasteiger partial charge on any atom is -0.497 e. The first kappa shape index (κ1) is 22.9. The molecule has 0 aliphatic heterocycles. The topological polar surface area (TPSA) is 36.9 Å². The van der Waals surface area contributed by atoms with E-state index in [9.17, 15) is 0 Å². The van der Waals surface area contributed by atoms with Crippen molar-refractivity contribution in [2.75, 3.05) is 14.2 Å². The summed E-state index contributed by atoms with van der Waals surface area (Å²) in [6, 6.07) is 13.5. The number of ether oxygens (including phenoxy) is 3. The molecule has 0 saturated heterocycles. The van der Waals surface area contributed by atoms with Gasteiger partial charge in [-0.15, -0.1) is 6.42 Å². The molecule has 5 heteroatoms. The molecule has 0 spiro atoms. The molecule has 0 heterocycles. The summed E-state index contributed by atoms with van der Waals surface area (Å²) in [5, 5.41) is 0.0770. The quantitative estimate of drug-likeness (QED) is 0.395. The van der Waals surface area contributed by atoms with Crippen LogP contribution in [-0.4, -0.2) is 22.5 Å². The van der Waals surface area contributed by atoms with Crippen LogP contribution in [0.2, 0.25) is 18.1 Å². The van der Waals surface area contributed by atoms with Crippen LogP contribution in [0.15, 0.2) is 42.5 Å². The third-order valence-corrected chi connectivity index (χ3v) is 9.85. The van der Waals surface area contributed by atoms with Crippen molar-refractivity contribution in [2.24, 2.45) is 0 Å². The monoisotopic (exact) mass is 412 g/mol. The maximum atomic E-state index is 6.42. The Kier molecular flexibility index (Phi) is 7.40. The lowest BCUT2D eigenvalue weighted by Gasteiger charge is -2.38. The van der Waals surface area contributed by atoms with Gasteiger partial charge in [0, 0.05) is 0 Å². The average molecular weight is 413 g/mol. The standard InChI is InChI=1S/C24H32O4Si/c1-9-21(28-29(7,8)24(2,3)4)19-12-15-22(23(16-19)26-6)27-17-18-10-13-20(25-5)14-11-18/h1,10-16,21H,17H2,2-8H3/t21-/m1/s1. The van der Waals surface area contributed by atoms with Crippen molar-refractivity contribution in [1.29, 1.82) is 0 Å². The third kappa shape index (κ3) is 5.78. The first-order valence-electron chi connectivity index (χ1n) is 9.69. The molecule has 0 bridgehead atoms. The molecule has 2 aromatic carbocycles. The van der Waals surface area contributed by atoms with Crippen LogP contribution < -0.4 is 14.2 Å². The predicted molar refractivity (Wildman–Crippen MR) is 120 cm³/mol. The van der Waals surface area contributed by atoms with Crippen LogP contribution in [0, 0.1) is 12.3 Å². The van der Waals surface area contributed by atoms with Crippen LogP contribution in [0.4, 0.5) is 0 Å². The van der Waals surface area contributed by atoms with Crippen molar-refractivity contribution in [3.8, 4) is 29.6 Å². The van der Waals surface area contributed by atoms with Crippen molar-refractivity contribution in [3.63, 3.8) is 0 Å². The number of methoxy groups -OCH3 is 2. The van der Waals surface area contributed by atoms with Gasteiger partial charge in [-0.25, -0.2) is 0 Å². The SMILES string of the molecule is C#C[C@@H](O[Si](C)(C)C(C)(C)C)c1ccc(OCc2ccc(OC)cc2)c(OC)c1. The Bertz CT molecular complexity index is 845. The van der Waals surface area contributed by atoms with Crippen LogP contribution in [0.3, 0.4) is 0 Å². The summed E-state index contributed by atoms with van der Waals surface area (Å²) in [5.74, 6) is 4.90. The van der Waals surface area contributed by atoms with Crippen LogP contribution >= 0.6 is 0 Å². The summed E-state index contributed by atoms with van der Waals surface area (Å²) in [6.07, 6.45) is 5.39. The number of terminal acetylenes is 1. The van der Waals surface area contributed by atoms with E-state index in [-0.39, 0.29) is 5.04 Å². The van der Waals surface area contributed by atoms with Crippen LogP contribution in [0.5, 0.6) is 17.2 Å². The molecule has 0 aliphatic carbocycles. The molecule has 1 atom stereocenters. The number of hydrogen-bond acceptors (Lipinski definition) is 4. The first-order chi connectivity index (χ1) is 13.6. The van der Waals surface area contributed by atoms with E-state index in [4.69, 9.17) is 25.1 Å². The lowest BCUT2D eigenvalue weighted by molar-refractivity contribution is 0.237. The Labute approximate surface area is 176 Å². The molecule has 0 aromatic heterocycles. The molecule has 29 heavy (non-hydrogen) atoms. The highest BCUT2D eigenvalue weighted by Gasteiger charge is 2.39. The molecule has 0 saturated carbocycles. The minimum atomic E-state index is -2.00. The van der Waals surface area contributed by atoms with E-state index in [0.29, 0.717) is 18.1 Å². The molecule has 0 amide bonds. The van der Waals surface area contributed by atoms with Gasteiger partial charge >= 0.3 is 0 Å². The third-order valence-electron chi connectivity index (χ3n) is 5.41. The van der Waals surface area contributed by atoms with Gasteiger partial charge in [-0.05, 0) is 53.5 Å². The van der Waals surface area contributed by atoms with Gasteiger partial charge in [0.15, 0.2) is 19.8 Å². The van der Waals surface area contributed by atoms with Crippen molar-refractivity contribution >= 4 is 8.32 Å². The highest BCUT2D eigenvalue weighted by atomic mass is 28.4. The summed E-state index contributed by atoms with van der Waals surface area (Å²) in [4.78, 5) is 0. The molecule has 0 fully saturated rings. The van der Waals surface area contributed by atoms with Gasteiger partial charge in [-0.2, -0.15) is 0 Å². The van der Waals surface area contributed by atoms with Gasteiger partial charge in [0.05, 0.1) is 14.2 Å². The van der Waals surface area contributed by atoms with Crippen molar-refractivity contribution in [3.05, 3.63) is 53.6 Å². The zero-order valence-corrected chi connectivity index (χ0v) is 19.5. The smallest absolute Gasteiger partial charge is 0.194 e. The van der Waals surface area contributed by atoms with Crippen molar-refractivity contribution in [1.82, 2.24) is 0 Å². The summed E-state index contributed by atoms with van der Waals surface area (Å²) >= 11 is 0. The van der Waals surface area contributed by atoms with E-state index >= 15 is 0 Å². The first-order valence-corrected chi connectivity index (χ1v) is 12.6. The van der Waals surface area contributed by atoms with E-state index < -0.39 is 14.4 Å². The second-order valence-electron chi connectivity index (χ2n) is 8.47. The van der Waals surface area contributed by atoms with E-state index in [1.807, 2.05) is 42.5 Å². The molecule has 2 aromatic rings. The Morgan fingerprint density at radius 1 is 0.966 bits per heavy atom. The fraction of sp³-hybridized carbons (Fsp3) is 0.417. The van der Waals surface area contributed by atoms with E-state index in [1.54, 1.807) is 14.2 Å². The second-order valence-corrected chi connectivity index (χ2v) is 13.2. The summed E-state index contributed by atoms with van der Waals surface area (Å²) in [7, 11) is 1.27. The second kappa shape index (κ2) is 9.38. The maximum Gasteiger partial charge on any atom is 0.194 e. The van der Waals surface area contributed by atoms with Crippen molar-refractivity contribution in [2.45, 2.75) is 51.6 Å². The number of benzene rings is 2. The van der Waals surface area contributed by atoms with E-state index in [2.05, 4.69) is 39.8 Å². The number of hydrogen-bond donors (Lipinski definition) is 0. The fourth-order valence-corrected chi connectivity index (χ4v) is 3.67. The van der Waals surface area contributed by atoms with Gasteiger partial charge < -0.3 is 18.6 Å². The highest BCUT2D eigenvalue weighted by Crippen LogP contribution is 2.40. The van der Waals surface area contributed by atoms with E-state index in [1.165, 1.54) is 0 Å². The average Bonchev–Trinajstić information content (AvgIpc) is 2.70. The molecular formula is C24H32O4Si. The maximum absolute atomic E-state index is 6.42. The Morgan fingerprint density at radius 3 is 2.14 bits per heavy atom. The Morgan fingerprint density at radius 2 is 1.62 bits per heavy atom. The zero-order chi connectivity index (χ0) is 21.7. The molecule has 4 nitrogen and oxygen atoms in total. The molecule has 0 radical (unpaired) electrons. The lowest BCUT2D eigenvalue weighted by atomic mass is 10.1. The van der Waals surface area contributed by atoms with Gasteiger partial charge in [0.2, 0.25) is 0 Å². The predicted octanol–water partition coefficient (Wildman–Crippen LogP) is 5.98. The van der Waals surface area contributed by atoms with Crippen molar-refractivity contribution < 1.29 is 18.6 Å². The zero-order valence-electron chi connectivity index (χ0n) is 18.5. The molecule has 156 valence electrons. The minimum absolute atomic E-state index is 0.0770.